The predicted molar refractivity (Wildman–Crippen MR) is 149 cm³/mol. The Hall–Kier alpha value is -4.40. The number of para-hydroxylation sites is 1. The normalized spacial score (nSPS) is 16.7. The Labute approximate surface area is 223 Å². The molecule has 2 atom stereocenters. The highest BCUT2D eigenvalue weighted by molar-refractivity contribution is 6.31. The van der Waals surface area contributed by atoms with Crippen LogP contribution in [0.5, 0.6) is 0 Å². The standard InChI is InChI=1S/C29H25ClN6O2/c1-16-27-22(20-4-2-3-5-23(20)34-27)15-26(32-16)29(38)36-35-28(37)17-6-9-19(10-7-17)33-24-12-13-31-25-14-18(30)8-11-21(24)25/h2-14,16,26,32,34H,15H2,1H3,(H,31,33)(H,35,37)(H,36,38)/t16-,26?/m1/s1. The third kappa shape index (κ3) is 4.55. The Morgan fingerprint density at radius 2 is 1.79 bits per heavy atom. The van der Waals surface area contributed by atoms with Crippen LogP contribution in [0.4, 0.5) is 11.4 Å². The fourth-order valence-electron chi connectivity index (χ4n) is 5.00. The predicted octanol–water partition coefficient (Wildman–Crippen LogP) is 5.15. The first-order chi connectivity index (χ1) is 18.5. The fourth-order valence-corrected chi connectivity index (χ4v) is 5.16. The van der Waals surface area contributed by atoms with Crippen LogP contribution in [0, 0.1) is 0 Å². The second-order valence-corrected chi connectivity index (χ2v) is 9.81. The van der Waals surface area contributed by atoms with Crippen molar-refractivity contribution >= 4 is 56.6 Å². The first-order valence-corrected chi connectivity index (χ1v) is 12.7. The molecular formula is C29H25ClN6O2. The van der Waals surface area contributed by atoms with E-state index in [1.165, 1.54) is 0 Å². The van der Waals surface area contributed by atoms with Crippen LogP contribution in [0.15, 0.2) is 79.0 Å². The smallest absolute Gasteiger partial charge is 0.269 e. The molecule has 9 heteroatoms. The highest BCUT2D eigenvalue weighted by atomic mass is 35.5. The molecule has 2 amide bonds. The van der Waals surface area contributed by atoms with Crippen LogP contribution >= 0.6 is 11.6 Å². The van der Waals surface area contributed by atoms with E-state index in [9.17, 15) is 9.59 Å². The molecule has 1 unspecified atom stereocenters. The molecule has 1 aliphatic rings. The summed E-state index contributed by atoms with van der Waals surface area (Å²) in [6.07, 6.45) is 2.24. The third-order valence-electron chi connectivity index (χ3n) is 6.89. The maximum absolute atomic E-state index is 12.9. The van der Waals surface area contributed by atoms with Crippen molar-refractivity contribution in [3.63, 3.8) is 0 Å². The van der Waals surface area contributed by atoms with E-state index in [2.05, 4.69) is 37.5 Å². The number of aromatic amines is 1. The number of H-pyrrole nitrogens is 1. The second kappa shape index (κ2) is 9.81. The van der Waals surface area contributed by atoms with Crippen molar-refractivity contribution in [2.75, 3.05) is 5.32 Å². The Morgan fingerprint density at radius 1 is 0.974 bits per heavy atom. The summed E-state index contributed by atoms with van der Waals surface area (Å²) in [6.45, 7) is 2.02. The molecular weight excluding hydrogens is 500 g/mol. The zero-order chi connectivity index (χ0) is 26.2. The van der Waals surface area contributed by atoms with Gasteiger partial charge in [0.25, 0.3) is 11.8 Å². The first kappa shape index (κ1) is 24.0. The SMILES string of the molecule is C[C@H]1NC(C(=O)NNC(=O)c2ccc(Nc3ccnc4cc(Cl)ccc34)cc2)Cc2c1[nH]c1ccccc21. The molecule has 2 aromatic heterocycles. The van der Waals surface area contributed by atoms with Gasteiger partial charge >= 0.3 is 0 Å². The van der Waals surface area contributed by atoms with E-state index >= 15 is 0 Å². The van der Waals surface area contributed by atoms with Crippen LogP contribution < -0.4 is 21.5 Å². The molecule has 3 heterocycles. The summed E-state index contributed by atoms with van der Waals surface area (Å²) in [7, 11) is 0. The summed E-state index contributed by atoms with van der Waals surface area (Å²) >= 11 is 6.08. The molecule has 38 heavy (non-hydrogen) atoms. The minimum atomic E-state index is -0.464. The molecule has 3 aromatic carbocycles. The molecule has 0 spiro atoms. The number of benzene rings is 3. The topological polar surface area (TPSA) is 111 Å². The van der Waals surface area contributed by atoms with Gasteiger partial charge in [0.2, 0.25) is 0 Å². The average Bonchev–Trinajstić information content (AvgIpc) is 3.31. The van der Waals surface area contributed by atoms with Gasteiger partial charge in [0.05, 0.1) is 11.6 Å². The van der Waals surface area contributed by atoms with Crippen LogP contribution in [0.1, 0.15) is 34.6 Å². The third-order valence-corrected chi connectivity index (χ3v) is 7.12. The van der Waals surface area contributed by atoms with Crippen molar-refractivity contribution in [1.29, 1.82) is 0 Å². The Balaban J connectivity index is 1.09. The van der Waals surface area contributed by atoms with E-state index in [0.717, 1.165) is 44.4 Å². The zero-order valence-electron chi connectivity index (χ0n) is 20.5. The molecule has 1 aliphatic heterocycles. The van der Waals surface area contributed by atoms with Gasteiger partial charge in [-0.2, -0.15) is 0 Å². The summed E-state index contributed by atoms with van der Waals surface area (Å²) < 4.78 is 0. The molecule has 190 valence electrons. The number of carbonyl (C=O) groups excluding carboxylic acids is 2. The number of aromatic nitrogens is 2. The number of hydrazine groups is 1. The van der Waals surface area contributed by atoms with Crippen molar-refractivity contribution in [1.82, 2.24) is 26.1 Å². The minimum Gasteiger partial charge on any atom is -0.357 e. The molecule has 0 aliphatic carbocycles. The number of rotatable bonds is 4. The van der Waals surface area contributed by atoms with E-state index in [1.54, 1.807) is 18.3 Å². The van der Waals surface area contributed by atoms with Gasteiger partial charge in [-0.3, -0.25) is 30.7 Å². The monoisotopic (exact) mass is 524 g/mol. The number of halogens is 1. The van der Waals surface area contributed by atoms with Gasteiger partial charge in [0.15, 0.2) is 0 Å². The number of nitrogens with one attached hydrogen (secondary N) is 5. The van der Waals surface area contributed by atoms with Crippen LogP contribution in [0.25, 0.3) is 21.8 Å². The molecule has 0 fully saturated rings. The molecule has 5 aromatic rings. The number of anilines is 2. The second-order valence-electron chi connectivity index (χ2n) is 9.37. The lowest BCUT2D eigenvalue weighted by Gasteiger charge is -2.28. The summed E-state index contributed by atoms with van der Waals surface area (Å²) in [5, 5.41) is 9.36. The van der Waals surface area contributed by atoms with Crippen LogP contribution in [0.2, 0.25) is 5.02 Å². The number of hydrogen-bond acceptors (Lipinski definition) is 5. The zero-order valence-corrected chi connectivity index (χ0v) is 21.3. The molecule has 0 saturated heterocycles. The van der Waals surface area contributed by atoms with Crippen molar-refractivity contribution in [3.8, 4) is 0 Å². The fraction of sp³-hybridized carbons (Fsp3) is 0.138. The first-order valence-electron chi connectivity index (χ1n) is 12.3. The molecule has 0 saturated carbocycles. The minimum absolute atomic E-state index is 0.0212. The highest BCUT2D eigenvalue weighted by Crippen LogP contribution is 2.31. The average molecular weight is 525 g/mol. The van der Waals surface area contributed by atoms with Crippen LogP contribution in [-0.2, 0) is 11.2 Å². The molecule has 0 radical (unpaired) electrons. The summed E-state index contributed by atoms with van der Waals surface area (Å²) in [5.74, 6) is -0.686. The lowest BCUT2D eigenvalue weighted by atomic mass is 9.94. The van der Waals surface area contributed by atoms with Gasteiger partial charge in [0, 0.05) is 56.2 Å². The van der Waals surface area contributed by atoms with Gasteiger partial charge in [0.1, 0.15) is 0 Å². The quantitative estimate of drug-likeness (QED) is 0.209. The van der Waals surface area contributed by atoms with Crippen molar-refractivity contribution in [2.45, 2.75) is 25.4 Å². The van der Waals surface area contributed by atoms with Gasteiger partial charge in [-0.15, -0.1) is 0 Å². The maximum atomic E-state index is 12.9. The number of fused-ring (bicyclic) bond motifs is 4. The lowest BCUT2D eigenvalue weighted by molar-refractivity contribution is -0.124. The van der Waals surface area contributed by atoms with Crippen LogP contribution in [-0.4, -0.2) is 27.8 Å². The Bertz CT molecular complexity index is 1680. The molecule has 0 bridgehead atoms. The van der Waals surface area contributed by atoms with Gasteiger partial charge in [-0.25, -0.2) is 0 Å². The highest BCUT2D eigenvalue weighted by Gasteiger charge is 2.31. The summed E-state index contributed by atoms with van der Waals surface area (Å²) in [4.78, 5) is 33.4. The number of amides is 2. The number of pyridine rings is 1. The molecule has 6 rings (SSSR count). The Morgan fingerprint density at radius 3 is 2.63 bits per heavy atom. The van der Waals surface area contributed by atoms with E-state index in [4.69, 9.17) is 11.6 Å². The van der Waals surface area contributed by atoms with E-state index in [-0.39, 0.29) is 11.9 Å². The number of hydrogen-bond donors (Lipinski definition) is 5. The molecule has 8 nitrogen and oxygen atoms in total. The lowest BCUT2D eigenvalue weighted by Crippen LogP contribution is -2.53. The van der Waals surface area contributed by atoms with E-state index in [0.29, 0.717) is 17.0 Å². The Kier molecular flexibility index (Phi) is 6.19. The van der Waals surface area contributed by atoms with E-state index in [1.807, 2.05) is 61.5 Å². The van der Waals surface area contributed by atoms with Crippen molar-refractivity contribution in [2.24, 2.45) is 0 Å². The number of nitrogens with zero attached hydrogens (tertiary/aromatic N) is 1. The number of carbonyl (C=O) groups is 2. The summed E-state index contributed by atoms with van der Waals surface area (Å²) in [6, 6.07) is 22.0. The van der Waals surface area contributed by atoms with Crippen molar-refractivity contribution in [3.05, 3.63) is 101 Å². The van der Waals surface area contributed by atoms with Gasteiger partial charge in [-0.05, 0) is 73.5 Å². The van der Waals surface area contributed by atoms with E-state index < -0.39 is 11.9 Å². The summed E-state index contributed by atoms with van der Waals surface area (Å²) in [5.41, 5.74) is 11.3. The molecule has 5 N–H and O–H groups in total. The van der Waals surface area contributed by atoms with Gasteiger partial charge in [-0.1, -0.05) is 29.8 Å². The largest absolute Gasteiger partial charge is 0.357 e. The van der Waals surface area contributed by atoms with Gasteiger partial charge < -0.3 is 10.3 Å². The maximum Gasteiger partial charge on any atom is 0.269 e. The van der Waals surface area contributed by atoms with Crippen LogP contribution in [0.3, 0.4) is 0 Å². The van der Waals surface area contributed by atoms with Crippen molar-refractivity contribution < 1.29 is 9.59 Å².